The smallest absolute Gasteiger partial charge is 0.222 e. The topological polar surface area (TPSA) is 50.8 Å². The fourth-order valence-electron chi connectivity index (χ4n) is 4.51. The van der Waals surface area contributed by atoms with Gasteiger partial charge in [-0.05, 0) is 43.2 Å². The molecule has 0 saturated carbocycles. The molecule has 0 bridgehead atoms. The van der Waals surface area contributed by atoms with Crippen LogP contribution in [-0.2, 0) is 27.4 Å². The summed E-state index contributed by atoms with van der Waals surface area (Å²) in [5, 5.41) is 3.76. The molecule has 0 radical (unpaired) electrons. The first-order valence-electron chi connectivity index (χ1n) is 10.0. The second-order valence-electron chi connectivity index (χ2n) is 7.90. The van der Waals surface area contributed by atoms with Gasteiger partial charge in [-0.15, -0.1) is 0 Å². The van der Waals surface area contributed by atoms with E-state index in [1.165, 1.54) is 11.1 Å². The number of nitrogens with zero attached hydrogens (tertiary/aromatic N) is 1. The average molecular weight is 358 g/mol. The minimum absolute atomic E-state index is 0.0235. The minimum atomic E-state index is 0.0235. The molecular formula is C21H30N2O3. The highest BCUT2D eigenvalue weighted by molar-refractivity contribution is 5.78. The number of amides is 1. The fraction of sp³-hybridized carbons (Fsp3) is 0.667. The van der Waals surface area contributed by atoms with Crippen LogP contribution >= 0.6 is 0 Å². The predicted molar refractivity (Wildman–Crippen MR) is 99.7 cm³/mol. The lowest BCUT2D eigenvalue weighted by molar-refractivity contribution is -0.140. The van der Waals surface area contributed by atoms with Crippen molar-refractivity contribution in [1.82, 2.24) is 10.2 Å². The highest BCUT2D eigenvalue weighted by Gasteiger charge is 2.38. The molecule has 1 aromatic carbocycles. The number of carbonyl (C=O) groups excluding carboxylic acids is 1. The zero-order chi connectivity index (χ0) is 17.8. The first-order valence-corrected chi connectivity index (χ1v) is 10.0. The Balaban J connectivity index is 1.36. The van der Waals surface area contributed by atoms with Gasteiger partial charge in [0.25, 0.3) is 0 Å². The van der Waals surface area contributed by atoms with Crippen LogP contribution in [0.3, 0.4) is 0 Å². The molecule has 0 aliphatic carbocycles. The molecule has 26 heavy (non-hydrogen) atoms. The number of carbonyl (C=O) groups is 1. The summed E-state index contributed by atoms with van der Waals surface area (Å²) in [4.78, 5) is 13.9. The third-order valence-corrected chi connectivity index (χ3v) is 6.13. The summed E-state index contributed by atoms with van der Waals surface area (Å²) >= 11 is 0. The van der Waals surface area contributed by atoms with E-state index in [-0.39, 0.29) is 5.60 Å². The van der Waals surface area contributed by atoms with E-state index in [0.717, 1.165) is 71.6 Å². The van der Waals surface area contributed by atoms with Crippen LogP contribution in [0.15, 0.2) is 24.3 Å². The Morgan fingerprint density at radius 2 is 1.96 bits per heavy atom. The predicted octanol–water partition coefficient (Wildman–Crippen LogP) is 2.63. The monoisotopic (exact) mass is 358 g/mol. The molecule has 5 heteroatoms. The van der Waals surface area contributed by atoms with Crippen molar-refractivity contribution in [3.63, 3.8) is 0 Å². The summed E-state index contributed by atoms with van der Waals surface area (Å²) in [6, 6.07) is 9.00. The van der Waals surface area contributed by atoms with Crippen molar-refractivity contribution in [2.45, 2.75) is 63.3 Å². The van der Waals surface area contributed by atoms with Crippen molar-refractivity contribution < 1.29 is 14.3 Å². The van der Waals surface area contributed by atoms with Crippen molar-refractivity contribution in [2.75, 3.05) is 26.4 Å². The Morgan fingerprint density at radius 1 is 1.15 bits per heavy atom. The molecule has 1 atom stereocenters. The van der Waals surface area contributed by atoms with Gasteiger partial charge in [-0.25, -0.2) is 0 Å². The van der Waals surface area contributed by atoms with Crippen LogP contribution < -0.4 is 5.32 Å². The lowest BCUT2D eigenvalue weighted by Crippen LogP contribution is -2.49. The van der Waals surface area contributed by atoms with E-state index < -0.39 is 0 Å². The van der Waals surface area contributed by atoms with Gasteiger partial charge in [0.15, 0.2) is 0 Å². The maximum absolute atomic E-state index is 12.0. The maximum Gasteiger partial charge on any atom is 0.222 e. The van der Waals surface area contributed by atoms with E-state index in [0.29, 0.717) is 18.4 Å². The maximum atomic E-state index is 12.0. The molecule has 3 fully saturated rings. The summed E-state index contributed by atoms with van der Waals surface area (Å²) in [5.74, 6) is 0.290. The molecule has 1 spiro atoms. The third kappa shape index (κ3) is 4.11. The molecule has 4 rings (SSSR count). The van der Waals surface area contributed by atoms with E-state index in [1.807, 2.05) is 4.90 Å². The summed E-state index contributed by atoms with van der Waals surface area (Å²) in [6.45, 7) is 4.97. The number of likely N-dealkylation sites (tertiary alicyclic amines) is 1. The molecule has 3 aliphatic heterocycles. The van der Waals surface area contributed by atoms with Gasteiger partial charge in [-0.1, -0.05) is 24.3 Å². The number of rotatable bonds is 5. The summed E-state index contributed by atoms with van der Waals surface area (Å²) in [7, 11) is 0. The zero-order valence-electron chi connectivity index (χ0n) is 15.5. The Hall–Kier alpha value is -1.43. The molecule has 3 saturated heterocycles. The van der Waals surface area contributed by atoms with E-state index >= 15 is 0 Å². The van der Waals surface area contributed by atoms with Crippen LogP contribution in [0.1, 0.15) is 49.7 Å². The number of hydrogen-bond donors (Lipinski definition) is 1. The van der Waals surface area contributed by atoms with Crippen LogP contribution in [0.5, 0.6) is 0 Å². The molecule has 1 unspecified atom stereocenters. The lowest BCUT2D eigenvalue weighted by atomic mass is 9.84. The van der Waals surface area contributed by atoms with Crippen LogP contribution in [-0.4, -0.2) is 48.8 Å². The van der Waals surface area contributed by atoms with Crippen molar-refractivity contribution in [3.05, 3.63) is 35.4 Å². The van der Waals surface area contributed by atoms with Crippen LogP contribution in [0.2, 0.25) is 0 Å². The van der Waals surface area contributed by atoms with E-state index in [1.54, 1.807) is 0 Å². The highest BCUT2D eigenvalue weighted by Crippen LogP contribution is 2.34. The molecule has 5 nitrogen and oxygen atoms in total. The van der Waals surface area contributed by atoms with E-state index in [4.69, 9.17) is 9.47 Å². The average Bonchev–Trinajstić information content (AvgIpc) is 3.06. The number of benzene rings is 1. The van der Waals surface area contributed by atoms with Gasteiger partial charge in [-0.3, -0.25) is 4.79 Å². The van der Waals surface area contributed by atoms with Gasteiger partial charge >= 0.3 is 0 Å². The molecule has 1 aromatic rings. The Kier molecular flexibility index (Phi) is 5.57. The highest BCUT2D eigenvalue weighted by atomic mass is 16.5. The van der Waals surface area contributed by atoms with Crippen molar-refractivity contribution >= 4 is 5.91 Å². The van der Waals surface area contributed by atoms with Crippen molar-refractivity contribution in [2.24, 2.45) is 0 Å². The third-order valence-electron chi connectivity index (χ3n) is 6.13. The summed E-state index contributed by atoms with van der Waals surface area (Å²) in [6.07, 6.45) is 5.86. The minimum Gasteiger partial charge on any atom is -0.381 e. The first kappa shape index (κ1) is 18.0. The first-order chi connectivity index (χ1) is 12.7. The van der Waals surface area contributed by atoms with Gasteiger partial charge in [0.05, 0.1) is 5.60 Å². The van der Waals surface area contributed by atoms with Crippen LogP contribution in [0.4, 0.5) is 0 Å². The van der Waals surface area contributed by atoms with E-state index in [9.17, 15) is 4.79 Å². The Bertz CT molecular complexity index is 622. The standard InChI is InChI=1S/C21H30N2O3/c24-20-6-3-10-23(20)16-18-5-2-1-4-17(18)15-22-19-7-11-26-21(14-19)8-12-25-13-9-21/h1-2,4-5,19,22H,3,6-16H2. The Morgan fingerprint density at radius 3 is 2.73 bits per heavy atom. The molecule has 1 amide bonds. The molecule has 142 valence electrons. The summed E-state index contributed by atoms with van der Waals surface area (Å²) in [5.41, 5.74) is 2.60. The second-order valence-corrected chi connectivity index (χ2v) is 7.90. The summed E-state index contributed by atoms with van der Waals surface area (Å²) < 4.78 is 11.7. The van der Waals surface area contributed by atoms with Gasteiger partial charge in [0.2, 0.25) is 5.91 Å². The molecule has 3 aliphatic rings. The number of ether oxygens (including phenoxy) is 2. The largest absolute Gasteiger partial charge is 0.381 e. The van der Waals surface area contributed by atoms with Gasteiger partial charge in [0, 0.05) is 51.9 Å². The van der Waals surface area contributed by atoms with Crippen LogP contribution in [0, 0.1) is 0 Å². The molecule has 1 N–H and O–H groups in total. The number of nitrogens with one attached hydrogen (secondary N) is 1. The molecule has 0 aromatic heterocycles. The lowest BCUT2D eigenvalue weighted by Gasteiger charge is -2.43. The van der Waals surface area contributed by atoms with Crippen molar-refractivity contribution in [3.8, 4) is 0 Å². The number of hydrogen-bond acceptors (Lipinski definition) is 4. The zero-order valence-corrected chi connectivity index (χ0v) is 15.5. The fourth-order valence-corrected chi connectivity index (χ4v) is 4.51. The second kappa shape index (κ2) is 8.07. The SMILES string of the molecule is O=C1CCCN1Cc1ccccc1CNC1CCOC2(CCOCC2)C1. The molecular weight excluding hydrogens is 328 g/mol. The van der Waals surface area contributed by atoms with Gasteiger partial charge in [-0.2, -0.15) is 0 Å². The quantitative estimate of drug-likeness (QED) is 0.879. The molecule has 3 heterocycles. The van der Waals surface area contributed by atoms with Crippen LogP contribution in [0.25, 0.3) is 0 Å². The van der Waals surface area contributed by atoms with E-state index in [2.05, 4.69) is 29.6 Å². The normalized spacial score (nSPS) is 25.8. The Labute approximate surface area is 156 Å². The van der Waals surface area contributed by atoms with Gasteiger partial charge in [0.1, 0.15) is 0 Å². The van der Waals surface area contributed by atoms with Gasteiger partial charge < -0.3 is 19.7 Å². The van der Waals surface area contributed by atoms with Crippen molar-refractivity contribution in [1.29, 1.82) is 0 Å².